The molecule has 0 saturated carbocycles. The van der Waals surface area contributed by atoms with Crippen LogP contribution in [-0.4, -0.2) is 24.0 Å². The van der Waals surface area contributed by atoms with Gasteiger partial charge in [-0.1, -0.05) is 18.2 Å². The first-order valence-electron chi connectivity index (χ1n) is 6.28. The highest BCUT2D eigenvalue weighted by atomic mass is 32.1. The average molecular weight is 273 g/mol. The number of benzene rings is 1. The lowest BCUT2D eigenvalue weighted by molar-refractivity contribution is 0.0983. The summed E-state index contributed by atoms with van der Waals surface area (Å²) in [6, 6.07) is 8.03. The van der Waals surface area contributed by atoms with E-state index in [1.165, 1.54) is 11.3 Å². The second-order valence-corrected chi connectivity index (χ2v) is 5.58. The van der Waals surface area contributed by atoms with E-state index < -0.39 is 0 Å². The van der Waals surface area contributed by atoms with Gasteiger partial charge in [0.05, 0.1) is 5.01 Å². The van der Waals surface area contributed by atoms with Crippen LogP contribution in [0.2, 0.25) is 0 Å². The van der Waals surface area contributed by atoms with E-state index in [-0.39, 0.29) is 5.91 Å². The number of thiazole rings is 1. The van der Waals surface area contributed by atoms with E-state index in [9.17, 15) is 4.79 Å². The number of hydrogen-bond acceptors (Lipinski definition) is 4. The molecule has 0 unspecified atom stereocenters. The Labute approximate surface area is 116 Å². The molecule has 2 heterocycles. The Bertz CT molecular complexity index is 608. The minimum Gasteiger partial charge on any atom is -0.311 e. The molecule has 19 heavy (non-hydrogen) atoms. The quantitative estimate of drug-likeness (QED) is 0.866. The number of fused-ring (bicyclic) bond motifs is 1. The standard InChI is InChI=1S/C14H15N3OS/c1-10-16-12(9-19-10)14(18)17-7-6-15-8-11-4-2-3-5-13(11)17/h2-5,9,15H,6-8H2,1H3. The molecule has 3 rings (SSSR count). The third kappa shape index (κ3) is 2.39. The van der Waals surface area contributed by atoms with Crippen LogP contribution < -0.4 is 10.2 Å². The minimum atomic E-state index is -0.0134. The van der Waals surface area contributed by atoms with Gasteiger partial charge in [0.25, 0.3) is 5.91 Å². The molecule has 0 fully saturated rings. The molecule has 0 spiro atoms. The number of nitrogens with one attached hydrogen (secondary N) is 1. The van der Waals surface area contributed by atoms with E-state index in [0.29, 0.717) is 12.2 Å². The Balaban J connectivity index is 1.98. The molecule has 0 bridgehead atoms. The van der Waals surface area contributed by atoms with Gasteiger partial charge in [-0.3, -0.25) is 4.79 Å². The maximum atomic E-state index is 12.6. The van der Waals surface area contributed by atoms with Crippen molar-refractivity contribution in [1.29, 1.82) is 0 Å². The third-order valence-corrected chi connectivity index (χ3v) is 3.97. The zero-order valence-electron chi connectivity index (χ0n) is 10.7. The van der Waals surface area contributed by atoms with Gasteiger partial charge < -0.3 is 10.2 Å². The number of amides is 1. The van der Waals surface area contributed by atoms with Gasteiger partial charge >= 0.3 is 0 Å². The molecular formula is C14H15N3OS. The van der Waals surface area contributed by atoms with Crippen LogP contribution in [-0.2, 0) is 6.54 Å². The molecule has 5 heteroatoms. The SMILES string of the molecule is Cc1nc(C(=O)N2CCNCc3ccccc32)cs1. The number of rotatable bonds is 1. The Morgan fingerprint density at radius 1 is 1.42 bits per heavy atom. The molecule has 1 N–H and O–H groups in total. The summed E-state index contributed by atoms with van der Waals surface area (Å²) in [5.41, 5.74) is 2.68. The lowest BCUT2D eigenvalue weighted by atomic mass is 10.1. The van der Waals surface area contributed by atoms with Crippen molar-refractivity contribution in [2.24, 2.45) is 0 Å². The lowest BCUT2D eigenvalue weighted by Crippen LogP contribution is -2.34. The molecule has 98 valence electrons. The Morgan fingerprint density at radius 3 is 3.05 bits per heavy atom. The maximum absolute atomic E-state index is 12.6. The Hall–Kier alpha value is -1.72. The van der Waals surface area contributed by atoms with Crippen LogP contribution in [0.4, 0.5) is 5.69 Å². The maximum Gasteiger partial charge on any atom is 0.277 e. The summed E-state index contributed by atoms with van der Waals surface area (Å²) in [7, 11) is 0. The molecule has 0 radical (unpaired) electrons. The lowest BCUT2D eigenvalue weighted by Gasteiger charge is -2.21. The molecule has 1 aliphatic heterocycles. The normalized spacial score (nSPS) is 14.9. The largest absolute Gasteiger partial charge is 0.311 e. The van der Waals surface area contributed by atoms with Crippen molar-refractivity contribution in [2.45, 2.75) is 13.5 Å². The average Bonchev–Trinajstić information content (AvgIpc) is 2.74. The van der Waals surface area contributed by atoms with E-state index in [0.717, 1.165) is 29.3 Å². The molecule has 2 aromatic rings. The summed E-state index contributed by atoms with van der Waals surface area (Å²) in [6.07, 6.45) is 0. The van der Waals surface area contributed by atoms with Gasteiger partial charge in [0, 0.05) is 30.7 Å². The summed E-state index contributed by atoms with van der Waals surface area (Å²) in [6.45, 7) is 4.19. The summed E-state index contributed by atoms with van der Waals surface area (Å²) < 4.78 is 0. The number of aryl methyl sites for hydroxylation is 1. The van der Waals surface area contributed by atoms with Gasteiger partial charge in [-0.15, -0.1) is 11.3 Å². The second-order valence-electron chi connectivity index (χ2n) is 4.51. The fraction of sp³-hybridized carbons (Fsp3) is 0.286. The van der Waals surface area contributed by atoms with Crippen LogP contribution in [0.5, 0.6) is 0 Å². The summed E-state index contributed by atoms with van der Waals surface area (Å²) in [4.78, 5) is 18.7. The Morgan fingerprint density at radius 2 is 2.26 bits per heavy atom. The third-order valence-electron chi connectivity index (χ3n) is 3.19. The van der Waals surface area contributed by atoms with Gasteiger partial charge in [0.2, 0.25) is 0 Å². The summed E-state index contributed by atoms with van der Waals surface area (Å²) in [5, 5.41) is 6.09. The highest BCUT2D eigenvalue weighted by Crippen LogP contribution is 2.24. The zero-order valence-corrected chi connectivity index (χ0v) is 11.5. The van der Waals surface area contributed by atoms with Crippen LogP contribution in [0.15, 0.2) is 29.6 Å². The van der Waals surface area contributed by atoms with Crippen molar-refractivity contribution in [2.75, 3.05) is 18.0 Å². The Kier molecular flexibility index (Phi) is 3.31. The predicted octanol–water partition coefficient (Wildman–Crippen LogP) is 2.20. The van der Waals surface area contributed by atoms with E-state index >= 15 is 0 Å². The van der Waals surface area contributed by atoms with Crippen LogP contribution in [0.1, 0.15) is 21.1 Å². The summed E-state index contributed by atoms with van der Waals surface area (Å²) in [5.74, 6) is -0.0134. The second kappa shape index (κ2) is 5.11. The molecule has 4 nitrogen and oxygen atoms in total. The first kappa shape index (κ1) is 12.3. The van der Waals surface area contributed by atoms with Crippen molar-refractivity contribution in [3.63, 3.8) is 0 Å². The molecule has 0 aliphatic carbocycles. The molecule has 0 atom stereocenters. The first-order valence-corrected chi connectivity index (χ1v) is 7.16. The molecular weight excluding hydrogens is 258 g/mol. The number of carbonyl (C=O) groups excluding carboxylic acids is 1. The van der Waals surface area contributed by atoms with Crippen LogP contribution in [0.3, 0.4) is 0 Å². The monoisotopic (exact) mass is 273 g/mol. The van der Waals surface area contributed by atoms with Crippen LogP contribution >= 0.6 is 11.3 Å². The number of hydrogen-bond donors (Lipinski definition) is 1. The van der Waals surface area contributed by atoms with Crippen LogP contribution in [0, 0.1) is 6.92 Å². The van der Waals surface area contributed by atoms with Gasteiger partial charge in [-0.25, -0.2) is 4.98 Å². The minimum absolute atomic E-state index is 0.0134. The number of anilines is 1. The number of carbonyl (C=O) groups is 1. The van der Waals surface area contributed by atoms with Gasteiger partial charge in [0.1, 0.15) is 5.69 Å². The molecule has 1 aromatic heterocycles. The highest BCUT2D eigenvalue weighted by Gasteiger charge is 2.23. The number of aromatic nitrogens is 1. The molecule has 0 saturated heterocycles. The summed E-state index contributed by atoms with van der Waals surface area (Å²) >= 11 is 1.51. The molecule has 1 amide bonds. The van der Waals surface area contributed by atoms with Crippen LogP contribution in [0.25, 0.3) is 0 Å². The predicted molar refractivity (Wildman–Crippen MR) is 76.7 cm³/mol. The van der Waals surface area contributed by atoms with E-state index in [1.807, 2.05) is 35.4 Å². The molecule has 1 aromatic carbocycles. The first-order chi connectivity index (χ1) is 9.25. The van der Waals surface area contributed by atoms with E-state index in [4.69, 9.17) is 0 Å². The zero-order chi connectivity index (χ0) is 13.2. The van der Waals surface area contributed by atoms with E-state index in [2.05, 4.69) is 16.4 Å². The topological polar surface area (TPSA) is 45.2 Å². The van der Waals surface area contributed by atoms with Crippen molar-refractivity contribution in [3.05, 3.63) is 45.9 Å². The fourth-order valence-corrected chi connectivity index (χ4v) is 2.86. The number of nitrogens with zero attached hydrogens (tertiary/aromatic N) is 2. The van der Waals surface area contributed by atoms with Gasteiger partial charge in [-0.2, -0.15) is 0 Å². The smallest absolute Gasteiger partial charge is 0.277 e. The number of para-hydroxylation sites is 1. The highest BCUT2D eigenvalue weighted by molar-refractivity contribution is 7.09. The van der Waals surface area contributed by atoms with Crippen molar-refractivity contribution >= 4 is 22.9 Å². The van der Waals surface area contributed by atoms with Crippen molar-refractivity contribution in [3.8, 4) is 0 Å². The fourth-order valence-electron chi connectivity index (χ4n) is 2.27. The van der Waals surface area contributed by atoms with Crippen molar-refractivity contribution in [1.82, 2.24) is 10.3 Å². The van der Waals surface area contributed by atoms with Gasteiger partial charge in [0.15, 0.2) is 0 Å². The molecule has 1 aliphatic rings. The van der Waals surface area contributed by atoms with E-state index in [1.54, 1.807) is 0 Å². The van der Waals surface area contributed by atoms with Gasteiger partial charge in [-0.05, 0) is 18.6 Å². The van der Waals surface area contributed by atoms with Crippen molar-refractivity contribution < 1.29 is 4.79 Å².